The second-order valence-electron chi connectivity index (χ2n) is 5.52. The van der Waals surface area contributed by atoms with Crippen LogP contribution in [0.2, 0.25) is 0 Å². The molecule has 0 aliphatic heterocycles. The van der Waals surface area contributed by atoms with Crippen molar-refractivity contribution in [3.8, 4) is 0 Å². The molecule has 106 valence electrons. The van der Waals surface area contributed by atoms with Crippen LogP contribution in [0.5, 0.6) is 0 Å². The Labute approximate surface area is 124 Å². The molecule has 2 aromatic rings. The van der Waals surface area contributed by atoms with Gasteiger partial charge in [0, 0.05) is 37.6 Å². The predicted molar refractivity (Wildman–Crippen MR) is 83.7 cm³/mol. The number of nitrogens with zero attached hydrogens (tertiary/aromatic N) is 2. The lowest BCUT2D eigenvalue weighted by atomic mass is 10.0. The number of thiophene rings is 1. The smallest absolute Gasteiger partial charge is 0.0494 e. The number of hydrogen-bond donors (Lipinski definition) is 1. The first-order valence-electron chi connectivity index (χ1n) is 7.17. The van der Waals surface area contributed by atoms with Gasteiger partial charge in [-0.15, -0.1) is 0 Å². The van der Waals surface area contributed by atoms with Crippen LogP contribution in [0.25, 0.3) is 0 Å². The molecule has 1 aliphatic rings. The maximum absolute atomic E-state index is 6.10. The summed E-state index contributed by atoms with van der Waals surface area (Å²) in [4.78, 5) is 6.85. The Bertz CT molecular complexity index is 549. The fraction of sp³-hybridized carbons (Fsp3) is 0.438. The lowest BCUT2D eigenvalue weighted by Crippen LogP contribution is -2.35. The first kappa shape index (κ1) is 13.7. The SMILES string of the molecule is Cc1ccncc1C(CN)N(Cc1ccsc1)C1CC1. The molecule has 1 aliphatic carbocycles. The van der Waals surface area contributed by atoms with Gasteiger partial charge in [-0.3, -0.25) is 9.88 Å². The summed E-state index contributed by atoms with van der Waals surface area (Å²) in [6, 6.07) is 5.25. The second-order valence-corrected chi connectivity index (χ2v) is 6.30. The van der Waals surface area contributed by atoms with Crippen LogP contribution in [0, 0.1) is 6.92 Å². The van der Waals surface area contributed by atoms with Crippen molar-refractivity contribution in [1.82, 2.24) is 9.88 Å². The summed E-state index contributed by atoms with van der Waals surface area (Å²) in [6.07, 6.45) is 6.42. The molecule has 0 spiro atoms. The molecule has 0 bridgehead atoms. The van der Waals surface area contributed by atoms with E-state index in [4.69, 9.17) is 5.73 Å². The second kappa shape index (κ2) is 6.04. The Balaban J connectivity index is 1.86. The molecule has 20 heavy (non-hydrogen) atoms. The van der Waals surface area contributed by atoms with Crippen molar-refractivity contribution in [1.29, 1.82) is 0 Å². The average Bonchev–Trinajstić information content (AvgIpc) is 3.18. The highest BCUT2D eigenvalue weighted by Crippen LogP contribution is 2.36. The van der Waals surface area contributed by atoms with E-state index in [0.717, 1.165) is 6.54 Å². The summed E-state index contributed by atoms with van der Waals surface area (Å²) in [5, 5.41) is 4.38. The molecule has 2 aromatic heterocycles. The number of rotatable bonds is 6. The first-order valence-corrected chi connectivity index (χ1v) is 8.11. The van der Waals surface area contributed by atoms with Gasteiger partial charge in [0.1, 0.15) is 0 Å². The van der Waals surface area contributed by atoms with Gasteiger partial charge in [0.05, 0.1) is 0 Å². The van der Waals surface area contributed by atoms with Crippen LogP contribution in [0.15, 0.2) is 35.3 Å². The Morgan fingerprint density at radius 3 is 2.90 bits per heavy atom. The van der Waals surface area contributed by atoms with E-state index in [9.17, 15) is 0 Å². The number of hydrogen-bond acceptors (Lipinski definition) is 4. The average molecular weight is 287 g/mol. The van der Waals surface area contributed by atoms with Gasteiger partial charge < -0.3 is 5.73 Å². The summed E-state index contributed by atoms with van der Waals surface area (Å²) in [5.74, 6) is 0. The monoisotopic (exact) mass is 287 g/mol. The molecule has 4 heteroatoms. The molecule has 2 N–H and O–H groups in total. The van der Waals surface area contributed by atoms with Gasteiger partial charge in [0.2, 0.25) is 0 Å². The summed E-state index contributed by atoms with van der Waals surface area (Å²) >= 11 is 1.76. The van der Waals surface area contributed by atoms with Crippen LogP contribution in [0.1, 0.15) is 35.6 Å². The molecule has 0 radical (unpaired) electrons. The van der Waals surface area contributed by atoms with E-state index < -0.39 is 0 Å². The molecule has 0 amide bonds. The summed E-state index contributed by atoms with van der Waals surface area (Å²) in [5.41, 5.74) is 10.1. The number of aromatic nitrogens is 1. The molecule has 1 fully saturated rings. The van der Waals surface area contributed by atoms with Gasteiger partial charge in [-0.2, -0.15) is 11.3 Å². The van der Waals surface area contributed by atoms with E-state index in [2.05, 4.69) is 39.7 Å². The normalized spacial score (nSPS) is 16.6. The highest BCUT2D eigenvalue weighted by atomic mass is 32.1. The zero-order valence-electron chi connectivity index (χ0n) is 11.8. The zero-order valence-corrected chi connectivity index (χ0v) is 12.6. The number of nitrogens with two attached hydrogens (primary N) is 1. The van der Waals surface area contributed by atoms with E-state index in [1.165, 1.54) is 29.5 Å². The van der Waals surface area contributed by atoms with Crippen LogP contribution in [-0.2, 0) is 6.54 Å². The largest absolute Gasteiger partial charge is 0.329 e. The van der Waals surface area contributed by atoms with Gasteiger partial charge in [0.15, 0.2) is 0 Å². The zero-order chi connectivity index (χ0) is 13.9. The van der Waals surface area contributed by atoms with Crippen LogP contribution < -0.4 is 5.73 Å². The summed E-state index contributed by atoms with van der Waals surface area (Å²) < 4.78 is 0. The minimum atomic E-state index is 0.274. The Morgan fingerprint density at radius 2 is 2.30 bits per heavy atom. The van der Waals surface area contributed by atoms with Crippen molar-refractivity contribution in [3.05, 3.63) is 52.0 Å². The predicted octanol–water partition coefficient (Wildman–Crippen LogP) is 3.12. The lowest BCUT2D eigenvalue weighted by molar-refractivity contribution is 0.181. The molecule has 2 heterocycles. The van der Waals surface area contributed by atoms with Crippen LogP contribution in [0.3, 0.4) is 0 Å². The maximum Gasteiger partial charge on any atom is 0.0494 e. The third-order valence-corrected chi connectivity index (χ3v) is 4.76. The van der Waals surface area contributed by atoms with Crippen molar-refractivity contribution in [2.45, 2.75) is 38.4 Å². The van der Waals surface area contributed by atoms with E-state index in [1.54, 1.807) is 11.3 Å². The fourth-order valence-corrected chi connectivity index (χ4v) is 3.42. The highest BCUT2D eigenvalue weighted by molar-refractivity contribution is 7.07. The molecule has 3 rings (SSSR count). The van der Waals surface area contributed by atoms with Gasteiger partial charge in [-0.25, -0.2) is 0 Å². The van der Waals surface area contributed by atoms with Crippen molar-refractivity contribution in [3.63, 3.8) is 0 Å². The van der Waals surface area contributed by atoms with E-state index in [0.29, 0.717) is 12.6 Å². The third-order valence-electron chi connectivity index (χ3n) is 4.02. The van der Waals surface area contributed by atoms with Gasteiger partial charge >= 0.3 is 0 Å². The molecular formula is C16H21N3S. The van der Waals surface area contributed by atoms with Crippen LogP contribution >= 0.6 is 11.3 Å². The molecule has 0 saturated heterocycles. The van der Waals surface area contributed by atoms with E-state index in [1.807, 2.05) is 12.4 Å². The Hall–Kier alpha value is -1.23. The lowest BCUT2D eigenvalue weighted by Gasteiger charge is -2.32. The maximum atomic E-state index is 6.10. The Morgan fingerprint density at radius 1 is 1.45 bits per heavy atom. The minimum Gasteiger partial charge on any atom is -0.329 e. The van der Waals surface area contributed by atoms with Crippen molar-refractivity contribution >= 4 is 11.3 Å². The molecular weight excluding hydrogens is 266 g/mol. The quantitative estimate of drug-likeness (QED) is 0.887. The van der Waals surface area contributed by atoms with Crippen molar-refractivity contribution in [2.75, 3.05) is 6.54 Å². The summed E-state index contributed by atoms with van der Waals surface area (Å²) in [6.45, 7) is 3.78. The van der Waals surface area contributed by atoms with Crippen LogP contribution in [0.4, 0.5) is 0 Å². The number of aryl methyl sites for hydroxylation is 1. The van der Waals surface area contributed by atoms with Crippen molar-refractivity contribution < 1.29 is 0 Å². The van der Waals surface area contributed by atoms with Gasteiger partial charge in [-0.05, 0) is 59.3 Å². The third kappa shape index (κ3) is 2.92. The minimum absolute atomic E-state index is 0.274. The van der Waals surface area contributed by atoms with E-state index in [-0.39, 0.29) is 6.04 Å². The number of pyridine rings is 1. The topological polar surface area (TPSA) is 42.1 Å². The highest BCUT2D eigenvalue weighted by Gasteiger charge is 2.34. The summed E-state index contributed by atoms with van der Waals surface area (Å²) in [7, 11) is 0. The Kier molecular flexibility index (Phi) is 4.15. The molecule has 0 aromatic carbocycles. The molecule has 1 atom stereocenters. The molecule has 3 nitrogen and oxygen atoms in total. The molecule has 1 unspecified atom stereocenters. The van der Waals surface area contributed by atoms with Crippen molar-refractivity contribution in [2.24, 2.45) is 5.73 Å². The first-order chi connectivity index (χ1) is 9.79. The molecule has 1 saturated carbocycles. The standard InChI is InChI=1S/C16H21N3S/c1-12-4-6-18-9-15(12)16(8-17)19(14-2-3-14)10-13-5-7-20-11-13/h4-7,9,11,14,16H,2-3,8,10,17H2,1H3. The fourth-order valence-electron chi connectivity index (χ4n) is 2.76. The van der Waals surface area contributed by atoms with E-state index >= 15 is 0 Å². The van der Waals surface area contributed by atoms with Gasteiger partial charge in [0.25, 0.3) is 0 Å². The van der Waals surface area contributed by atoms with Gasteiger partial charge in [-0.1, -0.05) is 0 Å². The van der Waals surface area contributed by atoms with Crippen LogP contribution in [-0.4, -0.2) is 22.5 Å².